The molecule has 1 saturated heterocycles. The monoisotopic (exact) mass is 376 g/mol. The third kappa shape index (κ3) is 4.30. The van der Waals surface area contributed by atoms with Crippen LogP contribution < -0.4 is 4.90 Å². The smallest absolute Gasteiger partial charge is 0.368 e. The predicted molar refractivity (Wildman–Crippen MR) is 96.0 cm³/mol. The molecule has 0 aromatic heterocycles. The van der Waals surface area contributed by atoms with Crippen molar-refractivity contribution < 1.29 is 22.8 Å². The minimum Gasteiger partial charge on any atom is -0.368 e. The van der Waals surface area contributed by atoms with E-state index in [0.29, 0.717) is 31.7 Å². The molecule has 2 aromatic rings. The Labute approximate surface area is 155 Å². The van der Waals surface area contributed by atoms with E-state index >= 15 is 0 Å². The SMILES string of the molecule is CC(=O)c1ccc(N2CCN(C(=O)c3cccc(C(F)(F)F)c3)CC2)cc1. The van der Waals surface area contributed by atoms with Crippen LogP contribution in [0, 0.1) is 0 Å². The second kappa shape index (κ2) is 7.42. The Kier molecular flexibility index (Phi) is 5.21. The molecule has 0 atom stereocenters. The van der Waals surface area contributed by atoms with Crippen molar-refractivity contribution in [1.82, 2.24) is 4.90 Å². The summed E-state index contributed by atoms with van der Waals surface area (Å²) in [6, 6.07) is 11.8. The van der Waals surface area contributed by atoms with Crippen molar-refractivity contribution in [2.45, 2.75) is 13.1 Å². The molecule has 1 aliphatic heterocycles. The van der Waals surface area contributed by atoms with Crippen LogP contribution in [0.5, 0.6) is 0 Å². The molecule has 0 saturated carbocycles. The molecule has 1 fully saturated rings. The zero-order chi connectivity index (χ0) is 19.6. The fraction of sp³-hybridized carbons (Fsp3) is 0.300. The second-order valence-electron chi connectivity index (χ2n) is 6.46. The number of Topliss-reactive ketones (excluding diaryl/α,β-unsaturated/α-hetero) is 1. The molecule has 0 aliphatic carbocycles. The number of ketones is 1. The van der Waals surface area contributed by atoms with Gasteiger partial charge in [-0.2, -0.15) is 13.2 Å². The molecule has 1 aliphatic rings. The number of alkyl halides is 3. The van der Waals surface area contributed by atoms with Gasteiger partial charge in [-0.25, -0.2) is 0 Å². The van der Waals surface area contributed by atoms with Crippen LogP contribution in [0.4, 0.5) is 18.9 Å². The van der Waals surface area contributed by atoms with Gasteiger partial charge in [0.1, 0.15) is 0 Å². The molecule has 0 spiro atoms. The number of piperazine rings is 1. The van der Waals surface area contributed by atoms with Gasteiger partial charge in [0, 0.05) is 43.0 Å². The van der Waals surface area contributed by atoms with Gasteiger partial charge in [-0.1, -0.05) is 6.07 Å². The number of carbonyl (C=O) groups excluding carboxylic acids is 2. The lowest BCUT2D eigenvalue weighted by Gasteiger charge is -2.36. The summed E-state index contributed by atoms with van der Waals surface area (Å²) in [7, 11) is 0. The van der Waals surface area contributed by atoms with Crippen molar-refractivity contribution in [2.75, 3.05) is 31.1 Å². The zero-order valence-electron chi connectivity index (χ0n) is 14.8. The number of benzene rings is 2. The number of anilines is 1. The molecule has 1 heterocycles. The number of hydrogen-bond donors (Lipinski definition) is 0. The van der Waals surface area contributed by atoms with Crippen LogP contribution >= 0.6 is 0 Å². The van der Waals surface area contributed by atoms with Crippen LogP contribution in [-0.4, -0.2) is 42.8 Å². The van der Waals surface area contributed by atoms with Crippen LogP contribution in [0.25, 0.3) is 0 Å². The van der Waals surface area contributed by atoms with E-state index in [0.717, 1.165) is 17.8 Å². The molecule has 2 aromatic carbocycles. The number of amides is 1. The molecular formula is C20H19F3N2O2. The third-order valence-corrected chi connectivity index (χ3v) is 4.64. The van der Waals surface area contributed by atoms with E-state index in [2.05, 4.69) is 4.90 Å². The van der Waals surface area contributed by atoms with Gasteiger partial charge in [-0.3, -0.25) is 9.59 Å². The minimum atomic E-state index is -4.47. The van der Waals surface area contributed by atoms with Crippen molar-refractivity contribution in [1.29, 1.82) is 0 Å². The molecule has 0 N–H and O–H groups in total. The van der Waals surface area contributed by atoms with E-state index in [1.807, 2.05) is 12.1 Å². The van der Waals surface area contributed by atoms with Crippen LogP contribution in [-0.2, 0) is 6.18 Å². The Morgan fingerprint density at radius 1 is 0.889 bits per heavy atom. The van der Waals surface area contributed by atoms with Gasteiger partial charge in [0.05, 0.1) is 5.56 Å². The fourth-order valence-corrected chi connectivity index (χ4v) is 3.09. The Morgan fingerprint density at radius 3 is 2.07 bits per heavy atom. The summed E-state index contributed by atoms with van der Waals surface area (Å²) in [5.74, 6) is -0.397. The number of hydrogen-bond acceptors (Lipinski definition) is 3. The summed E-state index contributed by atoms with van der Waals surface area (Å²) < 4.78 is 38.5. The Hall–Kier alpha value is -2.83. The van der Waals surface area contributed by atoms with Crippen molar-refractivity contribution in [2.24, 2.45) is 0 Å². The van der Waals surface area contributed by atoms with Gasteiger partial charge < -0.3 is 9.80 Å². The number of rotatable bonds is 3. The highest BCUT2D eigenvalue weighted by Crippen LogP contribution is 2.30. The maximum atomic E-state index is 12.8. The van der Waals surface area contributed by atoms with Crippen LogP contribution in [0.3, 0.4) is 0 Å². The third-order valence-electron chi connectivity index (χ3n) is 4.64. The molecule has 0 unspecified atom stereocenters. The first-order chi connectivity index (χ1) is 12.8. The standard InChI is InChI=1S/C20H19F3N2O2/c1-14(26)15-5-7-18(8-6-15)24-9-11-25(12-10-24)19(27)16-3-2-4-17(13-16)20(21,22)23/h2-8,13H,9-12H2,1H3. The van der Waals surface area contributed by atoms with E-state index in [-0.39, 0.29) is 11.3 Å². The minimum absolute atomic E-state index is 0.00180. The second-order valence-corrected chi connectivity index (χ2v) is 6.46. The number of halogens is 3. The van der Waals surface area contributed by atoms with Gasteiger partial charge in [-0.05, 0) is 49.4 Å². The van der Waals surface area contributed by atoms with E-state index in [1.165, 1.54) is 19.1 Å². The highest BCUT2D eigenvalue weighted by molar-refractivity contribution is 5.95. The largest absolute Gasteiger partial charge is 0.416 e. The maximum absolute atomic E-state index is 12.8. The molecule has 3 rings (SSSR count). The zero-order valence-corrected chi connectivity index (χ0v) is 14.8. The lowest BCUT2D eigenvalue weighted by molar-refractivity contribution is -0.137. The first-order valence-corrected chi connectivity index (χ1v) is 8.58. The lowest BCUT2D eigenvalue weighted by atomic mass is 10.1. The Morgan fingerprint density at radius 2 is 1.52 bits per heavy atom. The molecule has 1 amide bonds. The first-order valence-electron chi connectivity index (χ1n) is 8.58. The molecular weight excluding hydrogens is 357 g/mol. The molecule has 0 radical (unpaired) electrons. The van der Waals surface area contributed by atoms with Crippen LogP contribution in [0.2, 0.25) is 0 Å². The fourth-order valence-electron chi connectivity index (χ4n) is 3.09. The van der Waals surface area contributed by atoms with Crippen molar-refractivity contribution in [3.05, 3.63) is 65.2 Å². The molecule has 142 valence electrons. The topological polar surface area (TPSA) is 40.6 Å². The van der Waals surface area contributed by atoms with Gasteiger partial charge in [0.2, 0.25) is 0 Å². The average molecular weight is 376 g/mol. The van der Waals surface area contributed by atoms with Crippen molar-refractivity contribution in [3.8, 4) is 0 Å². The van der Waals surface area contributed by atoms with Crippen molar-refractivity contribution >= 4 is 17.4 Å². The summed E-state index contributed by atoms with van der Waals surface area (Å²) >= 11 is 0. The van der Waals surface area contributed by atoms with Crippen LogP contribution in [0.1, 0.15) is 33.2 Å². The summed E-state index contributed by atoms with van der Waals surface area (Å²) in [6.45, 7) is 3.49. The summed E-state index contributed by atoms with van der Waals surface area (Å²) in [5.41, 5.74) is 0.810. The van der Waals surface area contributed by atoms with E-state index in [4.69, 9.17) is 0 Å². The van der Waals surface area contributed by atoms with E-state index in [9.17, 15) is 22.8 Å². The maximum Gasteiger partial charge on any atom is 0.416 e. The van der Waals surface area contributed by atoms with E-state index in [1.54, 1.807) is 17.0 Å². The molecule has 27 heavy (non-hydrogen) atoms. The summed E-state index contributed by atoms with van der Waals surface area (Å²) in [6.07, 6.45) is -4.47. The highest BCUT2D eigenvalue weighted by Gasteiger charge is 2.31. The predicted octanol–water partition coefficient (Wildman–Crippen LogP) is 3.87. The van der Waals surface area contributed by atoms with Gasteiger partial charge in [-0.15, -0.1) is 0 Å². The lowest BCUT2D eigenvalue weighted by Crippen LogP contribution is -2.48. The Balaban J connectivity index is 1.65. The van der Waals surface area contributed by atoms with Gasteiger partial charge in [0.25, 0.3) is 5.91 Å². The molecule has 0 bridgehead atoms. The molecule has 7 heteroatoms. The van der Waals surface area contributed by atoms with E-state index < -0.39 is 17.6 Å². The molecule has 4 nitrogen and oxygen atoms in total. The number of nitrogens with zero attached hydrogens (tertiary/aromatic N) is 2. The highest BCUT2D eigenvalue weighted by atomic mass is 19.4. The van der Waals surface area contributed by atoms with Gasteiger partial charge in [0.15, 0.2) is 5.78 Å². The van der Waals surface area contributed by atoms with Gasteiger partial charge >= 0.3 is 6.18 Å². The van der Waals surface area contributed by atoms with Crippen LogP contribution in [0.15, 0.2) is 48.5 Å². The summed E-state index contributed by atoms with van der Waals surface area (Å²) in [5, 5.41) is 0. The average Bonchev–Trinajstić information content (AvgIpc) is 2.67. The van der Waals surface area contributed by atoms with Crippen molar-refractivity contribution in [3.63, 3.8) is 0 Å². The first kappa shape index (κ1) is 18.9. The number of carbonyl (C=O) groups is 2. The quantitative estimate of drug-likeness (QED) is 0.764. The summed E-state index contributed by atoms with van der Waals surface area (Å²) in [4.78, 5) is 27.5. The normalized spacial score (nSPS) is 15.0. The Bertz CT molecular complexity index is 839.